The van der Waals surface area contributed by atoms with Gasteiger partial charge in [-0.15, -0.1) is 0 Å². The molecule has 0 fully saturated rings. The van der Waals surface area contributed by atoms with E-state index in [9.17, 15) is 4.79 Å². The van der Waals surface area contributed by atoms with Crippen molar-refractivity contribution in [2.45, 2.75) is 13.8 Å². The van der Waals surface area contributed by atoms with Gasteiger partial charge in [-0.3, -0.25) is 5.32 Å². The van der Waals surface area contributed by atoms with Crippen LogP contribution in [0.2, 0.25) is 0 Å². The maximum atomic E-state index is 10.7. The van der Waals surface area contributed by atoms with E-state index >= 15 is 0 Å². The summed E-state index contributed by atoms with van der Waals surface area (Å²) in [6, 6.07) is 7.62. The largest absolute Gasteiger partial charge is 0.465 e. The van der Waals surface area contributed by atoms with Crippen molar-refractivity contribution in [1.29, 1.82) is 0 Å². The van der Waals surface area contributed by atoms with Gasteiger partial charge in [0.15, 0.2) is 5.76 Å². The number of aryl methyl sites for hydroxylation is 2. The van der Waals surface area contributed by atoms with Gasteiger partial charge in [0.2, 0.25) is 0 Å². The van der Waals surface area contributed by atoms with E-state index < -0.39 is 6.09 Å². The van der Waals surface area contributed by atoms with Gasteiger partial charge in [-0.25, -0.2) is 4.79 Å². The lowest BCUT2D eigenvalue weighted by Gasteiger charge is -2.02. The Hall–Kier alpha value is -2.30. The van der Waals surface area contributed by atoms with Crippen molar-refractivity contribution < 1.29 is 14.4 Å². The Morgan fingerprint density at radius 2 is 1.94 bits per heavy atom. The fourth-order valence-corrected chi connectivity index (χ4v) is 1.53. The molecule has 5 heteroatoms. The van der Waals surface area contributed by atoms with E-state index in [0.29, 0.717) is 17.1 Å². The average molecular weight is 232 g/mol. The number of nitrogens with zero attached hydrogens (tertiary/aromatic N) is 1. The number of carbonyl (C=O) groups is 1. The van der Waals surface area contributed by atoms with Crippen LogP contribution in [0.3, 0.4) is 0 Å². The van der Waals surface area contributed by atoms with Crippen molar-refractivity contribution in [3.8, 4) is 11.3 Å². The molecule has 0 aliphatic heterocycles. The van der Waals surface area contributed by atoms with Crippen LogP contribution >= 0.6 is 0 Å². The van der Waals surface area contributed by atoms with Crippen LogP contribution in [-0.2, 0) is 0 Å². The van der Waals surface area contributed by atoms with Crippen molar-refractivity contribution in [2.75, 3.05) is 5.32 Å². The second-order valence-electron chi connectivity index (χ2n) is 3.76. The lowest BCUT2D eigenvalue weighted by atomic mass is 10.1. The molecule has 5 nitrogen and oxygen atoms in total. The topological polar surface area (TPSA) is 75.4 Å². The monoisotopic (exact) mass is 232 g/mol. The summed E-state index contributed by atoms with van der Waals surface area (Å²) in [5.41, 5.74) is 2.84. The van der Waals surface area contributed by atoms with E-state index in [1.807, 2.05) is 31.2 Å². The Labute approximate surface area is 98.1 Å². The van der Waals surface area contributed by atoms with Crippen LogP contribution in [0.5, 0.6) is 0 Å². The van der Waals surface area contributed by atoms with Gasteiger partial charge in [0, 0.05) is 5.56 Å². The SMILES string of the molecule is Cc1ccc(-c2noc(C)c2NC(=O)O)cc1. The minimum Gasteiger partial charge on any atom is -0.465 e. The normalized spacial score (nSPS) is 10.2. The maximum Gasteiger partial charge on any atom is 0.409 e. The number of amides is 1. The van der Waals surface area contributed by atoms with E-state index in [1.54, 1.807) is 6.92 Å². The summed E-state index contributed by atoms with van der Waals surface area (Å²) in [5, 5.41) is 14.9. The van der Waals surface area contributed by atoms with Crippen LogP contribution < -0.4 is 5.32 Å². The average Bonchev–Trinajstić information content (AvgIpc) is 2.61. The lowest BCUT2D eigenvalue weighted by Crippen LogP contribution is -2.08. The maximum absolute atomic E-state index is 10.7. The van der Waals surface area contributed by atoms with Gasteiger partial charge in [0.05, 0.1) is 0 Å². The molecule has 2 rings (SSSR count). The van der Waals surface area contributed by atoms with E-state index in [1.165, 1.54) is 0 Å². The molecular formula is C12H12N2O3. The highest BCUT2D eigenvalue weighted by atomic mass is 16.5. The third-order valence-electron chi connectivity index (χ3n) is 2.42. The van der Waals surface area contributed by atoms with Crippen molar-refractivity contribution in [3.05, 3.63) is 35.6 Å². The summed E-state index contributed by atoms with van der Waals surface area (Å²) in [6.07, 6.45) is -1.13. The fourth-order valence-electron chi connectivity index (χ4n) is 1.53. The van der Waals surface area contributed by atoms with Crippen LogP contribution in [0.1, 0.15) is 11.3 Å². The number of rotatable bonds is 2. The van der Waals surface area contributed by atoms with Gasteiger partial charge in [-0.2, -0.15) is 0 Å². The molecule has 1 aromatic carbocycles. The molecular weight excluding hydrogens is 220 g/mol. The van der Waals surface area contributed by atoms with Crippen LogP contribution in [-0.4, -0.2) is 16.4 Å². The molecule has 0 spiro atoms. The third kappa shape index (κ3) is 2.28. The predicted molar refractivity (Wildman–Crippen MR) is 63.1 cm³/mol. The molecule has 17 heavy (non-hydrogen) atoms. The van der Waals surface area contributed by atoms with Crippen LogP contribution in [0.25, 0.3) is 11.3 Å². The predicted octanol–water partition coefficient (Wildman–Crippen LogP) is 3.05. The molecule has 0 unspecified atom stereocenters. The van der Waals surface area contributed by atoms with Crippen LogP contribution in [0, 0.1) is 13.8 Å². The first kappa shape index (κ1) is 11.2. The van der Waals surface area contributed by atoms with Gasteiger partial charge in [-0.1, -0.05) is 35.0 Å². The minimum absolute atomic E-state index is 0.390. The Kier molecular flexibility index (Phi) is 2.82. The zero-order chi connectivity index (χ0) is 12.4. The smallest absolute Gasteiger partial charge is 0.409 e. The summed E-state index contributed by atoms with van der Waals surface area (Å²) in [4.78, 5) is 10.7. The van der Waals surface area contributed by atoms with Gasteiger partial charge in [0.25, 0.3) is 0 Å². The molecule has 1 amide bonds. The van der Waals surface area contributed by atoms with Gasteiger partial charge >= 0.3 is 6.09 Å². The molecule has 0 radical (unpaired) electrons. The van der Waals surface area contributed by atoms with Gasteiger partial charge < -0.3 is 9.63 Å². The lowest BCUT2D eigenvalue weighted by molar-refractivity contribution is 0.209. The molecule has 0 atom stereocenters. The zero-order valence-electron chi connectivity index (χ0n) is 9.52. The highest BCUT2D eigenvalue weighted by molar-refractivity contribution is 5.89. The van der Waals surface area contributed by atoms with E-state index in [4.69, 9.17) is 9.63 Å². The minimum atomic E-state index is -1.13. The highest BCUT2D eigenvalue weighted by Crippen LogP contribution is 2.29. The number of benzene rings is 1. The Balaban J connectivity index is 2.45. The zero-order valence-corrected chi connectivity index (χ0v) is 9.52. The number of hydrogen-bond acceptors (Lipinski definition) is 3. The Morgan fingerprint density at radius 1 is 1.29 bits per heavy atom. The third-order valence-corrected chi connectivity index (χ3v) is 2.42. The molecule has 0 bridgehead atoms. The van der Waals surface area contributed by atoms with E-state index in [0.717, 1.165) is 11.1 Å². The number of hydrogen-bond donors (Lipinski definition) is 2. The number of nitrogens with one attached hydrogen (secondary N) is 1. The molecule has 88 valence electrons. The Morgan fingerprint density at radius 3 is 2.53 bits per heavy atom. The summed E-state index contributed by atoms with van der Waals surface area (Å²) in [5.74, 6) is 0.447. The molecule has 2 aromatic rings. The first-order chi connectivity index (χ1) is 8.08. The standard InChI is InChI=1S/C12H12N2O3/c1-7-3-5-9(6-4-7)11-10(13-12(15)16)8(2)17-14-11/h3-6,13H,1-2H3,(H,15,16). The summed E-state index contributed by atoms with van der Waals surface area (Å²) < 4.78 is 5.01. The summed E-state index contributed by atoms with van der Waals surface area (Å²) in [6.45, 7) is 3.64. The molecule has 0 aliphatic rings. The molecule has 0 aliphatic carbocycles. The molecule has 0 saturated carbocycles. The second kappa shape index (κ2) is 4.29. The van der Waals surface area contributed by atoms with Gasteiger partial charge in [-0.05, 0) is 13.8 Å². The molecule has 1 heterocycles. The quantitative estimate of drug-likeness (QED) is 0.834. The fraction of sp³-hybridized carbons (Fsp3) is 0.167. The number of aromatic nitrogens is 1. The van der Waals surface area contributed by atoms with Crippen molar-refractivity contribution in [2.24, 2.45) is 0 Å². The van der Waals surface area contributed by atoms with E-state index in [2.05, 4.69) is 10.5 Å². The Bertz CT molecular complexity index is 543. The first-order valence-corrected chi connectivity index (χ1v) is 5.11. The highest BCUT2D eigenvalue weighted by Gasteiger charge is 2.16. The van der Waals surface area contributed by atoms with Gasteiger partial charge in [0.1, 0.15) is 11.4 Å². The van der Waals surface area contributed by atoms with Crippen LogP contribution in [0.15, 0.2) is 28.8 Å². The number of carboxylic acid groups (broad SMARTS) is 1. The van der Waals surface area contributed by atoms with Crippen molar-refractivity contribution in [3.63, 3.8) is 0 Å². The van der Waals surface area contributed by atoms with Crippen molar-refractivity contribution in [1.82, 2.24) is 5.16 Å². The molecule has 1 aromatic heterocycles. The molecule has 0 saturated heterocycles. The molecule has 2 N–H and O–H groups in total. The van der Waals surface area contributed by atoms with Crippen molar-refractivity contribution >= 4 is 11.8 Å². The summed E-state index contributed by atoms with van der Waals surface area (Å²) >= 11 is 0. The summed E-state index contributed by atoms with van der Waals surface area (Å²) in [7, 11) is 0. The second-order valence-corrected chi connectivity index (χ2v) is 3.76. The van der Waals surface area contributed by atoms with Crippen LogP contribution in [0.4, 0.5) is 10.5 Å². The number of anilines is 1. The van der Waals surface area contributed by atoms with E-state index in [-0.39, 0.29) is 0 Å². The first-order valence-electron chi connectivity index (χ1n) is 5.11.